The third-order valence-electron chi connectivity index (χ3n) is 10.7. The number of hydrogen-bond donors (Lipinski definition) is 3. The van der Waals surface area contributed by atoms with Gasteiger partial charge in [-0.05, 0) is 77.0 Å². The molecule has 3 atom stereocenters. The van der Waals surface area contributed by atoms with Crippen LogP contribution in [0.2, 0.25) is 0 Å². The molecule has 0 heterocycles. The summed E-state index contributed by atoms with van der Waals surface area (Å²) in [6.07, 6.45) is 54.8. The molecule has 0 radical (unpaired) electrons. The Morgan fingerprint density at radius 3 is 1.10 bits per heavy atom. The lowest BCUT2D eigenvalue weighted by Gasteiger charge is -2.20. The highest BCUT2D eigenvalue weighted by atomic mass is 31.2. The summed E-state index contributed by atoms with van der Waals surface area (Å²) in [5.41, 5.74) is 0. The molecule has 0 saturated carbocycles. The maximum Gasteiger partial charge on any atom is 0.472 e. The Balaban J connectivity index is 3.87. The van der Waals surface area contributed by atoms with Gasteiger partial charge in [-0.2, -0.15) is 0 Å². The SMILES string of the molecule is CC/C=C\C/C=C\C/C=C\C/C=C\CCCCCCCCC(=O)OC(CO)COP(=O)(O)OCC(CO)OC(=O)CCCCCCCCCCC/C=C\CCCCCCCCCC. The Morgan fingerprint density at radius 2 is 0.746 bits per heavy atom. The number of aliphatic hydroxyl groups excluding tert-OH is 2. The summed E-state index contributed by atoms with van der Waals surface area (Å²) in [5.74, 6) is -1.03. The van der Waals surface area contributed by atoms with Crippen LogP contribution in [0.25, 0.3) is 0 Å². The summed E-state index contributed by atoms with van der Waals surface area (Å²) in [5, 5.41) is 19.2. The van der Waals surface area contributed by atoms with E-state index in [4.69, 9.17) is 18.5 Å². The lowest BCUT2D eigenvalue weighted by molar-refractivity contribution is -0.153. The average molecular weight is 909 g/mol. The number of rotatable bonds is 47. The molecular formula is C52H93O10P. The standard InChI is InChI=1S/C52H93O10P/c1-3-5-7-9-11-13-15-17-19-21-23-24-26-28-30-32-34-36-38-40-42-44-52(56)62-50(46-54)48-60-63(57,58)59-47-49(45-53)61-51(55)43-41-39-37-35-33-31-29-27-25-22-20-18-16-14-12-10-8-6-4-2/h6,8,12,14,18,20-21,23,25,27,49-50,53-54H,3-5,7,9-11,13,15-17,19,22,24,26,28-48H2,1-2H3,(H,57,58)/b8-6-,14-12-,20-18-,23-21-,27-25-. The van der Waals surface area contributed by atoms with E-state index in [0.29, 0.717) is 12.8 Å². The van der Waals surface area contributed by atoms with E-state index in [-0.39, 0.29) is 12.8 Å². The van der Waals surface area contributed by atoms with E-state index in [0.717, 1.165) is 83.5 Å². The minimum atomic E-state index is -4.65. The second kappa shape index (κ2) is 47.6. The molecule has 0 aromatic carbocycles. The first-order valence-corrected chi connectivity index (χ1v) is 26.7. The summed E-state index contributed by atoms with van der Waals surface area (Å²) in [4.78, 5) is 34.7. The van der Waals surface area contributed by atoms with E-state index in [1.165, 1.54) is 96.3 Å². The molecule has 0 amide bonds. The van der Waals surface area contributed by atoms with Crippen molar-refractivity contribution in [3.8, 4) is 0 Å². The van der Waals surface area contributed by atoms with Crippen LogP contribution in [0.3, 0.4) is 0 Å². The number of aliphatic hydroxyl groups is 2. The summed E-state index contributed by atoms with van der Waals surface area (Å²) in [6, 6.07) is 0. The van der Waals surface area contributed by atoms with E-state index in [9.17, 15) is 29.3 Å². The number of ether oxygens (including phenoxy) is 2. The van der Waals surface area contributed by atoms with Gasteiger partial charge < -0.3 is 24.6 Å². The van der Waals surface area contributed by atoms with Crippen molar-refractivity contribution in [2.24, 2.45) is 0 Å². The van der Waals surface area contributed by atoms with Crippen LogP contribution in [0.5, 0.6) is 0 Å². The Labute approximate surface area is 385 Å². The maximum absolute atomic E-state index is 12.4. The number of phosphoric acid groups is 1. The largest absolute Gasteiger partial charge is 0.472 e. The van der Waals surface area contributed by atoms with Crippen LogP contribution in [0.1, 0.15) is 219 Å². The Morgan fingerprint density at radius 1 is 0.444 bits per heavy atom. The molecular weight excluding hydrogens is 816 g/mol. The van der Waals surface area contributed by atoms with E-state index < -0.39 is 58.4 Å². The molecule has 366 valence electrons. The van der Waals surface area contributed by atoms with Gasteiger partial charge in [-0.1, -0.05) is 190 Å². The van der Waals surface area contributed by atoms with Gasteiger partial charge in [-0.25, -0.2) is 4.57 Å². The van der Waals surface area contributed by atoms with E-state index in [1.54, 1.807) is 0 Å². The van der Waals surface area contributed by atoms with Gasteiger partial charge in [0.15, 0.2) is 0 Å². The number of carbonyl (C=O) groups is 2. The first-order chi connectivity index (χ1) is 30.8. The van der Waals surface area contributed by atoms with Crippen molar-refractivity contribution in [3.63, 3.8) is 0 Å². The minimum Gasteiger partial charge on any atom is -0.457 e. The molecule has 0 aromatic heterocycles. The van der Waals surface area contributed by atoms with Gasteiger partial charge in [-0.15, -0.1) is 0 Å². The fourth-order valence-electron chi connectivity index (χ4n) is 6.87. The second-order valence-corrected chi connectivity index (χ2v) is 18.2. The third kappa shape index (κ3) is 46.0. The van der Waals surface area contributed by atoms with Crippen LogP contribution in [0.15, 0.2) is 60.8 Å². The summed E-state index contributed by atoms with van der Waals surface area (Å²) >= 11 is 0. The molecule has 0 aliphatic rings. The normalized spacial score (nSPS) is 14.2. The van der Waals surface area contributed by atoms with Gasteiger partial charge >= 0.3 is 19.8 Å². The molecule has 0 saturated heterocycles. The highest BCUT2D eigenvalue weighted by Crippen LogP contribution is 2.43. The van der Waals surface area contributed by atoms with Crippen LogP contribution in [0, 0.1) is 0 Å². The Kier molecular flexibility index (Phi) is 45.9. The second-order valence-electron chi connectivity index (χ2n) is 16.8. The van der Waals surface area contributed by atoms with Crippen LogP contribution < -0.4 is 0 Å². The van der Waals surface area contributed by atoms with Crippen molar-refractivity contribution in [1.82, 2.24) is 0 Å². The molecule has 0 bridgehead atoms. The van der Waals surface area contributed by atoms with Crippen LogP contribution in [-0.4, -0.2) is 65.7 Å². The molecule has 11 heteroatoms. The summed E-state index contributed by atoms with van der Waals surface area (Å²) in [6.45, 7) is 2.10. The summed E-state index contributed by atoms with van der Waals surface area (Å²) < 4.78 is 32.7. The van der Waals surface area contributed by atoms with Gasteiger partial charge in [0.2, 0.25) is 0 Å². The lowest BCUT2D eigenvalue weighted by atomic mass is 10.1. The van der Waals surface area contributed by atoms with Gasteiger partial charge in [0.1, 0.15) is 12.2 Å². The van der Waals surface area contributed by atoms with Crippen LogP contribution >= 0.6 is 7.82 Å². The molecule has 0 aliphatic carbocycles. The minimum absolute atomic E-state index is 0.174. The number of esters is 2. The van der Waals surface area contributed by atoms with E-state index >= 15 is 0 Å². The number of unbranched alkanes of at least 4 members (excludes halogenated alkanes) is 23. The number of phosphoric ester groups is 1. The lowest BCUT2D eigenvalue weighted by Crippen LogP contribution is -2.28. The number of allylic oxidation sites excluding steroid dienone is 10. The smallest absolute Gasteiger partial charge is 0.457 e. The van der Waals surface area contributed by atoms with Gasteiger partial charge in [-0.3, -0.25) is 18.6 Å². The first-order valence-electron chi connectivity index (χ1n) is 25.2. The molecule has 0 spiro atoms. The van der Waals surface area contributed by atoms with Crippen molar-refractivity contribution >= 4 is 19.8 Å². The molecule has 0 fully saturated rings. The first kappa shape index (κ1) is 60.7. The molecule has 0 aliphatic heterocycles. The molecule has 0 aromatic rings. The molecule has 0 rings (SSSR count). The quantitative estimate of drug-likeness (QED) is 0.0233. The Bertz CT molecular complexity index is 1230. The van der Waals surface area contributed by atoms with Gasteiger partial charge in [0, 0.05) is 12.8 Å². The predicted molar refractivity (Wildman–Crippen MR) is 260 cm³/mol. The fraction of sp³-hybridized carbons (Fsp3) is 0.769. The molecule has 63 heavy (non-hydrogen) atoms. The molecule has 10 nitrogen and oxygen atoms in total. The zero-order valence-corrected chi connectivity index (χ0v) is 40.9. The van der Waals surface area contributed by atoms with Crippen molar-refractivity contribution in [1.29, 1.82) is 0 Å². The maximum atomic E-state index is 12.4. The topological polar surface area (TPSA) is 149 Å². The monoisotopic (exact) mass is 909 g/mol. The number of hydrogen-bond acceptors (Lipinski definition) is 9. The summed E-state index contributed by atoms with van der Waals surface area (Å²) in [7, 11) is -4.65. The van der Waals surface area contributed by atoms with Crippen molar-refractivity contribution in [2.45, 2.75) is 232 Å². The zero-order chi connectivity index (χ0) is 46.2. The fourth-order valence-corrected chi connectivity index (χ4v) is 7.65. The predicted octanol–water partition coefficient (Wildman–Crippen LogP) is 14.2. The highest BCUT2D eigenvalue weighted by Gasteiger charge is 2.27. The van der Waals surface area contributed by atoms with Crippen LogP contribution in [-0.2, 0) is 32.7 Å². The zero-order valence-electron chi connectivity index (χ0n) is 40.0. The van der Waals surface area contributed by atoms with Gasteiger partial charge in [0.05, 0.1) is 26.4 Å². The van der Waals surface area contributed by atoms with E-state index in [2.05, 4.69) is 74.6 Å². The average Bonchev–Trinajstić information content (AvgIpc) is 3.27. The highest BCUT2D eigenvalue weighted by molar-refractivity contribution is 7.47. The van der Waals surface area contributed by atoms with Crippen molar-refractivity contribution in [2.75, 3.05) is 26.4 Å². The van der Waals surface area contributed by atoms with Crippen molar-refractivity contribution < 1.29 is 47.8 Å². The number of carbonyl (C=O) groups excluding carboxylic acids is 2. The van der Waals surface area contributed by atoms with Gasteiger partial charge in [0.25, 0.3) is 0 Å². The molecule has 3 unspecified atom stereocenters. The van der Waals surface area contributed by atoms with E-state index in [1.807, 2.05) is 0 Å². The third-order valence-corrected chi connectivity index (χ3v) is 11.7. The Hall–Kier alpha value is -2.33. The van der Waals surface area contributed by atoms with Crippen molar-refractivity contribution in [3.05, 3.63) is 60.8 Å². The van der Waals surface area contributed by atoms with Crippen LogP contribution in [0.4, 0.5) is 0 Å². The molecule has 3 N–H and O–H groups in total.